The maximum atomic E-state index is 12.2. The number of anilines is 1. The SMILES string of the molecule is CC(C)(C)OC(=O)C1CCN(c2ccc(CCCO)cc2)C(N)C1. The van der Waals surface area contributed by atoms with Crippen LogP contribution in [0.4, 0.5) is 5.69 Å². The van der Waals surface area contributed by atoms with Gasteiger partial charge in [0, 0.05) is 18.8 Å². The third kappa shape index (κ3) is 5.21. The van der Waals surface area contributed by atoms with E-state index in [1.807, 2.05) is 20.8 Å². The number of benzene rings is 1. The Labute approximate surface area is 144 Å². The van der Waals surface area contributed by atoms with Gasteiger partial charge in [0.2, 0.25) is 0 Å². The fourth-order valence-corrected chi connectivity index (χ4v) is 3.05. The number of hydrogen-bond donors (Lipinski definition) is 2. The first-order valence-electron chi connectivity index (χ1n) is 8.75. The van der Waals surface area contributed by atoms with Gasteiger partial charge in [-0.2, -0.15) is 0 Å². The number of carbonyl (C=O) groups excluding carboxylic acids is 1. The van der Waals surface area contributed by atoms with Crippen LogP contribution in [-0.2, 0) is 16.0 Å². The summed E-state index contributed by atoms with van der Waals surface area (Å²) in [5.41, 5.74) is 8.15. The zero-order valence-corrected chi connectivity index (χ0v) is 15.0. The second-order valence-corrected chi connectivity index (χ2v) is 7.51. The lowest BCUT2D eigenvalue weighted by atomic mass is 9.93. The normalized spacial score (nSPS) is 21.6. The van der Waals surface area contributed by atoms with Gasteiger partial charge in [-0.3, -0.25) is 4.79 Å². The number of nitrogens with two attached hydrogens (primary N) is 1. The molecule has 1 heterocycles. The summed E-state index contributed by atoms with van der Waals surface area (Å²) in [4.78, 5) is 14.4. The van der Waals surface area contributed by atoms with E-state index in [1.54, 1.807) is 0 Å². The molecular formula is C19H30N2O3. The highest BCUT2D eigenvalue weighted by Crippen LogP contribution is 2.28. The Bertz CT molecular complexity index is 537. The van der Waals surface area contributed by atoms with Crippen molar-refractivity contribution in [2.45, 2.75) is 58.2 Å². The van der Waals surface area contributed by atoms with Crippen molar-refractivity contribution >= 4 is 11.7 Å². The summed E-state index contributed by atoms with van der Waals surface area (Å²) in [7, 11) is 0. The van der Waals surface area contributed by atoms with Crippen molar-refractivity contribution < 1.29 is 14.6 Å². The Hall–Kier alpha value is -1.59. The second-order valence-electron chi connectivity index (χ2n) is 7.51. The Morgan fingerprint density at radius 1 is 1.33 bits per heavy atom. The van der Waals surface area contributed by atoms with Gasteiger partial charge in [0.1, 0.15) is 5.60 Å². The van der Waals surface area contributed by atoms with E-state index in [2.05, 4.69) is 29.2 Å². The van der Waals surface area contributed by atoms with Crippen molar-refractivity contribution in [3.8, 4) is 0 Å². The van der Waals surface area contributed by atoms with Gasteiger partial charge in [-0.1, -0.05) is 12.1 Å². The zero-order valence-electron chi connectivity index (χ0n) is 15.0. The quantitative estimate of drug-likeness (QED) is 0.809. The van der Waals surface area contributed by atoms with Crippen molar-refractivity contribution in [1.29, 1.82) is 0 Å². The van der Waals surface area contributed by atoms with Crippen molar-refractivity contribution in [2.24, 2.45) is 11.7 Å². The summed E-state index contributed by atoms with van der Waals surface area (Å²) in [6, 6.07) is 8.30. The lowest BCUT2D eigenvalue weighted by Crippen LogP contribution is -2.50. The molecule has 1 saturated heterocycles. The molecule has 0 aromatic heterocycles. The molecule has 0 saturated carbocycles. The summed E-state index contributed by atoms with van der Waals surface area (Å²) in [5, 5.41) is 8.90. The van der Waals surface area contributed by atoms with E-state index in [1.165, 1.54) is 5.56 Å². The maximum absolute atomic E-state index is 12.2. The van der Waals surface area contributed by atoms with Crippen LogP contribution in [0.5, 0.6) is 0 Å². The Balaban J connectivity index is 1.94. The van der Waals surface area contributed by atoms with E-state index >= 15 is 0 Å². The number of rotatable bonds is 5. The Kier molecular flexibility index (Phi) is 6.24. The molecule has 1 aliphatic heterocycles. The van der Waals surface area contributed by atoms with Crippen LogP contribution in [0.1, 0.15) is 45.6 Å². The number of aliphatic hydroxyl groups is 1. The predicted octanol–water partition coefficient (Wildman–Crippen LogP) is 2.45. The number of aliphatic hydroxyl groups excluding tert-OH is 1. The van der Waals surface area contributed by atoms with Gasteiger partial charge in [0.15, 0.2) is 0 Å². The number of esters is 1. The van der Waals surface area contributed by atoms with Crippen LogP contribution in [-0.4, -0.2) is 36.0 Å². The second kappa shape index (κ2) is 7.99. The van der Waals surface area contributed by atoms with E-state index in [0.29, 0.717) is 6.42 Å². The van der Waals surface area contributed by atoms with E-state index in [0.717, 1.165) is 31.5 Å². The molecule has 0 spiro atoms. The zero-order chi connectivity index (χ0) is 17.7. The molecule has 5 heteroatoms. The molecule has 1 aromatic carbocycles. The highest BCUT2D eigenvalue weighted by Gasteiger charge is 2.33. The fourth-order valence-electron chi connectivity index (χ4n) is 3.05. The molecule has 24 heavy (non-hydrogen) atoms. The summed E-state index contributed by atoms with van der Waals surface area (Å²) in [5.74, 6) is -0.267. The van der Waals surface area contributed by atoms with Gasteiger partial charge in [-0.15, -0.1) is 0 Å². The van der Waals surface area contributed by atoms with Crippen LogP contribution >= 0.6 is 0 Å². The monoisotopic (exact) mass is 334 g/mol. The smallest absolute Gasteiger partial charge is 0.309 e. The third-order valence-electron chi connectivity index (χ3n) is 4.28. The van der Waals surface area contributed by atoms with Gasteiger partial charge < -0.3 is 20.5 Å². The molecule has 1 aliphatic rings. The van der Waals surface area contributed by atoms with Crippen LogP contribution in [0.25, 0.3) is 0 Å². The molecule has 2 rings (SSSR count). The third-order valence-corrected chi connectivity index (χ3v) is 4.28. The Morgan fingerprint density at radius 2 is 2.00 bits per heavy atom. The van der Waals surface area contributed by atoms with Gasteiger partial charge in [-0.25, -0.2) is 0 Å². The standard InChI is InChI=1S/C19H30N2O3/c1-19(2,3)24-18(23)15-10-11-21(17(20)13-15)16-8-6-14(7-9-16)5-4-12-22/h6-9,15,17,22H,4-5,10-13,20H2,1-3H3. The topological polar surface area (TPSA) is 75.8 Å². The molecule has 1 aromatic rings. The minimum absolute atomic E-state index is 0.126. The highest BCUT2D eigenvalue weighted by atomic mass is 16.6. The van der Waals surface area contributed by atoms with Crippen molar-refractivity contribution in [3.63, 3.8) is 0 Å². The number of piperidine rings is 1. The van der Waals surface area contributed by atoms with Crippen molar-refractivity contribution in [1.82, 2.24) is 0 Å². The van der Waals surface area contributed by atoms with E-state index < -0.39 is 5.60 Å². The predicted molar refractivity (Wildman–Crippen MR) is 95.7 cm³/mol. The van der Waals surface area contributed by atoms with Crippen LogP contribution in [0, 0.1) is 5.92 Å². The first-order chi connectivity index (χ1) is 11.3. The molecular weight excluding hydrogens is 304 g/mol. The summed E-state index contributed by atoms with van der Waals surface area (Å²) < 4.78 is 5.49. The number of nitrogens with zero attached hydrogens (tertiary/aromatic N) is 1. The average molecular weight is 334 g/mol. The minimum Gasteiger partial charge on any atom is -0.460 e. The van der Waals surface area contributed by atoms with Gasteiger partial charge >= 0.3 is 5.97 Å². The first kappa shape index (κ1) is 18.7. The lowest BCUT2D eigenvalue weighted by Gasteiger charge is -2.38. The number of hydrogen-bond acceptors (Lipinski definition) is 5. The highest BCUT2D eigenvalue weighted by molar-refractivity contribution is 5.73. The minimum atomic E-state index is -0.456. The molecule has 5 nitrogen and oxygen atoms in total. The molecule has 0 bridgehead atoms. The van der Waals surface area contributed by atoms with Crippen LogP contribution in [0.3, 0.4) is 0 Å². The van der Waals surface area contributed by atoms with Crippen LogP contribution < -0.4 is 10.6 Å². The van der Waals surface area contributed by atoms with Crippen molar-refractivity contribution in [2.75, 3.05) is 18.1 Å². The van der Waals surface area contributed by atoms with Crippen LogP contribution in [0.15, 0.2) is 24.3 Å². The molecule has 3 N–H and O–H groups in total. The molecule has 0 radical (unpaired) electrons. The van der Waals surface area contributed by atoms with Gasteiger partial charge in [-0.05, 0) is 64.2 Å². The van der Waals surface area contributed by atoms with Gasteiger partial charge in [0.05, 0.1) is 12.1 Å². The summed E-state index contributed by atoms with van der Waals surface area (Å²) in [6.45, 7) is 6.63. The molecule has 0 amide bonds. The van der Waals surface area contributed by atoms with Gasteiger partial charge in [0.25, 0.3) is 0 Å². The van der Waals surface area contributed by atoms with Crippen molar-refractivity contribution in [3.05, 3.63) is 29.8 Å². The molecule has 2 unspecified atom stereocenters. The molecule has 134 valence electrons. The largest absolute Gasteiger partial charge is 0.460 e. The lowest BCUT2D eigenvalue weighted by molar-refractivity contribution is -0.161. The number of carbonyl (C=O) groups is 1. The summed E-state index contributed by atoms with van der Waals surface area (Å²) >= 11 is 0. The first-order valence-corrected chi connectivity index (χ1v) is 8.75. The fraction of sp³-hybridized carbons (Fsp3) is 0.632. The van der Waals surface area contributed by atoms with E-state index in [9.17, 15) is 4.79 Å². The maximum Gasteiger partial charge on any atom is 0.309 e. The summed E-state index contributed by atoms with van der Waals surface area (Å²) in [6.07, 6.45) is 2.85. The molecule has 2 atom stereocenters. The van der Waals surface area contributed by atoms with E-state index in [4.69, 9.17) is 15.6 Å². The Morgan fingerprint density at radius 3 is 2.54 bits per heavy atom. The molecule has 1 fully saturated rings. The van der Waals surface area contributed by atoms with E-state index in [-0.39, 0.29) is 24.7 Å². The number of aryl methyl sites for hydroxylation is 1. The van der Waals surface area contributed by atoms with Crippen LogP contribution in [0.2, 0.25) is 0 Å². The average Bonchev–Trinajstić information content (AvgIpc) is 2.52. The number of ether oxygens (including phenoxy) is 1. The molecule has 0 aliphatic carbocycles.